The molecule has 0 saturated carbocycles. The highest BCUT2D eigenvalue weighted by molar-refractivity contribution is 5.78. The number of nitrogens with two attached hydrogens (primary N) is 1. The second-order valence-corrected chi connectivity index (χ2v) is 3.15. The molecule has 74 valence electrons. The van der Waals surface area contributed by atoms with E-state index in [2.05, 4.69) is 10.3 Å². The first kappa shape index (κ1) is 8.96. The molecule has 1 aromatic heterocycles. The van der Waals surface area contributed by atoms with Crippen LogP contribution in [0.1, 0.15) is 11.6 Å². The van der Waals surface area contributed by atoms with Crippen molar-refractivity contribution in [1.82, 2.24) is 10.3 Å². The van der Waals surface area contributed by atoms with Crippen molar-refractivity contribution in [2.45, 2.75) is 6.04 Å². The van der Waals surface area contributed by atoms with Crippen LogP contribution in [-0.4, -0.2) is 24.1 Å². The van der Waals surface area contributed by atoms with E-state index in [1.165, 1.54) is 0 Å². The lowest BCUT2D eigenvalue weighted by Crippen LogP contribution is -2.39. The van der Waals surface area contributed by atoms with Crippen molar-refractivity contribution in [3.63, 3.8) is 0 Å². The molecule has 2 heterocycles. The van der Waals surface area contributed by atoms with Gasteiger partial charge in [-0.1, -0.05) is 0 Å². The van der Waals surface area contributed by atoms with Gasteiger partial charge in [-0.15, -0.1) is 0 Å². The van der Waals surface area contributed by atoms with Gasteiger partial charge < -0.3 is 15.8 Å². The van der Waals surface area contributed by atoms with E-state index < -0.39 is 0 Å². The molecule has 0 bridgehead atoms. The van der Waals surface area contributed by atoms with Gasteiger partial charge in [0.15, 0.2) is 0 Å². The van der Waals surface area contributed by atoms with Gasteiger partial charge in [0.25, 0.3) is 0 Å². The van der Waals surface area contributed by atoms with Crippen molar-refractivity contribution in [3.8, 4) is 0 Å². The van der Waals surface area contributed by atoms with Gasteiger partial charge in [0.2, 0.25) is 5.91 Å². The van der Waals surface area contributed by atoms with Crippen LogP contribution in [0.15, 0.2) is 18.3 Å². The molecule has 1 aromatic rings. The number of pyridine rings is 1. The zero-order valence-electron chi connectivity index (χ0n) is 7.56. The van der Waals surface area contributed by atoms with Gasteiger partial charge in [-0.25, -0.2) is 4.98 Å². The number of morpholine rings is 1. The number of hydrogen-bond acceptors (Lipinski definition) is 4. The van der Waals surface area contributed by atoms with Crippen molar-refractivity contribution >= 4 is 11.7 Å². The van der Waals surface area contributed by atoms with E-state index in [4.69, 9.17) is 10.5 Å². The Morgan fingerprint density at radius 3 is 3.21 bits per heavy atom. The number of nitrogens with one attached hydrogen (secondary N) is 1. The minimum Gasteiger partial charge on any atom is -0.384 e. The standard InChI is InChI=1S/C9H11N3O2/c10-8-3-6(1-2-11-8)7-4-14-5-9(13)12-7/h1-3,7H,4-5H2,(H2,10,11)(H,12,13). The Bertz CT molecular complexity index is 354. The summed E-state index contributed by atoms with van der Waals surface area (Å²) in [5.74, 6) is 0.346. The number of carbonyl (C=O) groups excluding carboxylic acids is 1. The number of amides is 1. The van der Waals surface area contributed by atoms with E-state index in [1.54, 1.807) is 12.3 Å². The summed E-state index contributed by atoms with van der Waals surface area (Å²) in [7, 11) is 0. The van der Waals surface area contributed by atoms with Crippen LogP contribution in [-0.2, 0) is 9.53 Å². The van der Waals surface area contributed by atoms with Crippen LogP contribution < -0.4 is 11.1 Å². The second kappa shape index (κ2) is 3.63. The van der Waals surface area contributed by atoms with Crippen LogP contribution in [0.4, 0.5) is 5.82 Å². The van der Waals surface area contributed by atoms with Gasteiger partial charge in [-0.05, 0) is 17.7 Å². The molecule has 1 fully saturated rings. The normalized spacial score (nSPS) is 21.7. The van der Waals surface area contributed by atoms with E-state index in [0.717, 1.165) is 5.56 Å². The van der Waals surface area contributed by atoms with E-state index >= 15 is 0 Å². The lowest BCUT2D eigenvalue weighted by molar-refractivity contribution is -0.131. The van der Waals surface area contributed by atoms with Gasteiger partial charge in [0.1, 0.15) is 12.4 Å². The third-order valence-corrected chi connectivity index (χ3v) is 2.06. The second-order valence-electron chi connectivity index (χ2n) is 3.15. The fraction of sp³-hybridized carbons (Fsp3) is 0.333. The van der Waals surface area contributed by atoms with E-state index in [9.17, 15) is 4.79 Å². The van der Waals surface area contributed by atoms with Crippen molar-refractivity contribution in [2.75, 3.05) is 18.9 Å². The molecule has 0 aliphatic carbocycles. The SMILES string of the molecule is Nc1cc(C2COCC(=O)N2)ccn1. The highest BCUT2D eigenvalue weighted by atomic mass is 16.5. The molecular weight excluding hydrogens is 182 g/mol. The number of nitrogen functional groups attached to an aromatic ring is 1. The molecule has 1 unspecified atom stereocenters. The summed E-state index contributed by atoms with van der Waals surface area (Å²) in [4.78, 5) is 14.9. The van der Waals surface area contributed by atoms with E-state index in [0.29, 0.717) is 12.4 Å². The van der Waals surface area contributed by atoms with Crippen molar-refractivity contribution in [3.05, 3.63) is 23.9 Å². The summed E-state index contributed by atoms with van der Waals surface area (Å²) in [6, 6.07) is 3.44. The Balaban J connectivity index is 2.17. The maximum absolute atomic E-state index is 11.0. The molecule has 1 aliphatic rings. The predicted molar refractivity (Wildman–Crippen MR) is 50.4 cm³/mol. The predicted octanol–water partition coefficient (Wildman–Crippen LogP) is -0.149. The molecule has 5 heteroatoms. The molecule has 0 spiro atoms. The Hall–Kier alpha value is -1.62. The minimum atomic E-state index is -0.110. The number of aromatic nitrogens is 1. The highest BCUT2D eigenvalue weighted by Crippen LogP contribution is 2.16. The summed E-state index contributed by atoms with van der Waals surface area (Å²) in [5, 5.41) is 2.81. The first-order valence-corrected chi connectivity index (χ1v) is 4.34. The van der Waals surface area contributed by atoms with Crippen LogP contribution in [0, 0.1) is 0 Å². The van der Waals surface area contributed by atoms with Gasteiger partial charge >= 0.3 is 0 Å². The molecular formula is C9H11N3O2. The average Bonchev–Trinajstić information content (AvgIpc) is 2.18. The van der Waals surface area contributed by atoms with Crippen molar-refractivity contribution < 1.29 is 9.53 Å². The summed E-state index contributed by atoms with van der Waals surface area (Å²) in [5.41, 5.74) is 6.46. The lowest BCUT2D eigenvalue weighted by Gasteiger charge is -2.23. The van der Waals surface area contributed by atoms with Crippen molar-refractivity contribution in [2.24, 2.45) is 0 Å². The first-order chi connectivity index (χ1) is 6.75. The van der Waals surface area contributed by atoms with E-state index in [1.807, 2.05) is 6.07 Å². The van der Waals surface area contributed by atoms with Gasteiger partial charge in [-0.2, -0.15) is 0 Å². The lowest BCUT2D eigenvalue weighted by atomic mass is 10.1. The Morgan fingerprint density at radius 2 is 2.50 bits per heavy atom. The highest BCUT2D eigenvalue weighted by Gasteiger charge is 2.20. The number of anilines is 1. The third kappa shape index (κ3) is 1.82. The molecule has 1 saturated heterocycles. The Labute approximate surface area is 81.3 Å². The molecule has 3 N–H and O–H groups in total. The summed E-state index contributed by atoms with van der Waals surface area (Å²) in [6.45, 7) is 0.617. The third-order valence-electron chi connectivity index (χ3n) is 2.06. The molecule has 0 aromatic carbocycles. The van der Waals surface area contributed by atoms with E-state index in [-0.39, 0.29) is 18.6 Å². The van der Waals surface area contributed by atoms with Gasteiger partial charge in [-0.3, -0.25) is 4.79 Å². The topological polar surface area (TPSA) is 77.2 Å². The summed E-state index contributed by atoms with van der Waals surface area (Å²) in [6.07, 6.45) is 1.62. The number of hydrogen-bond donors (Lipinski definition) is 2. The number of ether oxygens (including phenoxy) is 1. The zero-order chi connectivity index (χ0) is 9.97. The molecule has 5 nitrogen and oxygen atoms in total. The smallest absolute Gasteiger partial charge is 0.246 e. The van der Waals surface area contributed by atoms with Crippen LogP contribution in [0.3, 0.4) is 0 Å². The fourth-order valence-electron chi connectivity index (χ4n) is 1.41. The Kier molecular flexibility index (Phi) is 2.32. The number of nitrogens with zero attached hydrogens (tertiary/aromatic N) is 1. The van der Waals surface area contributed by atoms with Crippen LogP contribution in [0.25, 0.3) is 0 Å². The summed E-state index contributed by atoms with van der Waals surface area (Å²) < 4.78 is 5.12. The fourth-order valence-corrected chi connectivity index (χ4v) is 1.41. The summed E-state index contributed by atoms with van der Waals surface area (Å²) >= 11 is 0. The Morgan fingerprint density at radius 1 is 1.64 bits per heavy atom. The average molecular weight is 193 g/mol. The molecule has 1 atom stereocenters. The molecule has 1 amide bonds. The molecule has 14 heavy (non-hydrogen) atoms. The van der Waals surface area contributed by atoms with Crippen molar-refractivity contribution in [1.29, 1.82) is 0 Å². The zero-order valence-corrected chi connectivity index (χ0v) is 7.56. The largest absolute Gasteiger partial charge is 0.384 e. The minimum absolute atomic E-state index is 0.100. The molecule has 1 aliphatic heterocycles. The van der Waals surface area contributed by atoms with Crippen LogP contribution in [0.5, 0.6) is 0 Å². The van der Waals surface area contributed by atoms with Crippen LogP contribution in [0.2, 0.25) is 0 Å². The van der Waals surface area contributed by atoms with Crippen LogP contribution >= 0.6 is 0 Å². The number of carbonyl (C=O) groups is 1. The number of rotatable bonds is 1. The maximum Gasteiger partial charge on any atom is 0.246 e. The maximum atomic E-state index is 11.0. The quantitative estimate of drug-likeness (QED) is 0.650. The van der Waals surface area contributed by atoms with Gasteiger partial charge in [0, 0.05) is 6.20 Å². The first-order valence-electron chi connectivity index (χ1n) is 4.34. The monoisotopic (exact) mass is 193 g/mol. The molecule has 0 radical (unpaired) electrons. The van der Waals surface area contributed by atoms with Gasteiger partial charge in [0.05, 0.1) is 12.6 Å². The molecule has 2 rings (SSSR count).